The molecule has 7 aromatic rings. The zero-order chi connectivity index (χ0) is 28.7. The van der Waals surface area contributed by atoms with Gasteiger partial charge in [-0.2, -0.15) is 0 Å². The lowest BCUT2D eigenvalue weighted by Crippen LogP contribution is -2.14. The molecule has 0 radical (unpaired) electrons. The molecule has 0 heterocycles. The molecule has 0 spiro atoms. The van der Waals surface area contributed by atoms with Crippen LogP contribution in [0.1, 0.15) is 25.0 Å². The van der Waals surface area contributed by atoms with E-state index in [1.54, 1.807) is 0 Å². The van der Waals surface area contributed by atoms with Crippen molar-refractivity contribution in [2.45, 2.75) is 19.3 Å². The molecule has 7 aromatic carbocycles. The van der Waals surface area contributed by atoms with Crippen LogP contribution in [0, 0.1) is 0 Å². The standard InChI is InChI=1S/C43H30/c1-43(2)38-17-7-6-14-34(38)37-26-31(22-25-39(37)43)27-18-20-29(21-19-27)33-24-23-32(28-10-4-3-5-11-28)41-35-15-8-12-30-13-9-16-36(40(30)35)42(33)41/h3-26H,1-2H3. The molecular formula is C43H30. The van der Waals surface area contributed by atoms with E-state index < -0.39 is 0 Å². The minimum Gasteiger partial charge on any atom is -0.0622 e. The number of rotatable bonds is 3. The van der Waals surface area contributed by atoms with E-state index in [1.165, 1.54) is 88.7 Å². The molecule has 0 aliphatic heterocycles. The normalized spacial score (nSPS) is 13.5. The Balaban J connectivity index is 1.19. The topological polar surface area (TPSA) is 0 Å². The first-order valence-corrected chi connectivity index (χ1v) is 15.2. The lowest BCUT2D eigenvalue weighted by Gasteiger charge is -2.21. The molecule has 0 bridgehead atoms. The molecule has 202 valence electrons. The molecule has 0 fully saturated rings. The van der Waals surface area contributed by atoms with Crippen LogP contribution >= 0.6 is 0 Å². The predicted octanol–water partition coefficient (Wildman–Crippen LogP) is 11.8. The minimum atomic E-state index is 0.0288. The highest BCUT2D eigenvalue weighted by molar-refractivity contribution is 6.21. The fourth-order valence-electron chi connectivity index (χ4n) is 7.76. The van der Waals surface area contributed by atoms with E-state index in [-0.39, 0.29) is 5.41 Å². The summed E-state index contributed by atoms with van der Waals surface area (Å²) in [7, 11) is 0. The highest BCUT2D eigenvalue weighted by Crippen LogP contribution is 2.54. The van der Waals surface area contributed by atoms with Crippen molar-refractivity contribution < 1.29 is 0 Å². The Bertz CT molecular complexity index is 2230. The molecule has 43 heavy (non-hydrogen) atoms. The van der Waals surface area contributed by atoms with Crippen LogP contribution in [-0.2, 0) is 5.41 Å². The fraction of sp³-hybridized carbons (Fsp3) is 0.0698. The third-order valence-electron chi connectivity index (χ3n) is 9.85. The predicted molar refractivity (Wildman–Crippen MR) is 182 cm³/mol. The summed E-state index contributed by atoms with van der Waals surface area (Å²) in [5.41, 5.74) is 18.5. The van der Waals surface area contributed by atoms with Crippen molar-refractivity contribution in [3.63, 3.8) is 0 Å². The van der Waals surface area contributed by atoms with Gasteiger partial charge in [0.05, 0.1) is 0 Å². The van der Waals surface area contributed by atoms with E-state index in [4.69, 9.17) is 0 Å². The maximum absolute atomic E-state index is 2.39. The van der Waals surface area contributed by atoms with E-state index in [1.807, 2.05) is 0 Å². The van der Waals surface area contributed by atoms with Crippen LogP contribution in [0.5, 0.6) is 0 Å². The van der Waals surface area contributed by atoms with Crippen LogP contribution in [0.15, 0.2) is 146 Å². The number of benzene rings is 7. The lowest BCUT2D eigenvalue weighted by molar-refractivity contribution is 0.660. The molecule has 0 unspecified atom stereocenters. The summed E-state index contributed by atoms with van der Waals surface area (Å²) in [6.07, 6.45) is 0. The van der Waals surface area contributed by atoms with Gasteiger partial charge in [0, 0.05) is 5.41 Å². The summed E-state index contributed by atoms with van der Waals surface area (Å²) in [4.78, 5) is 0. The maximum Gasteiger partial charge on any atom is 0.0158 e. The van der Waals surface area contributed by atoms with Crippen molar-refractivity contribution in [3.8, 4) is 66.8 Å². The summed E-state index contributed by atoms with van der Waals surface area (Å²) >= 11 is 0. The Morgan fingerprint density at radius 1 is 0.349 bits per heavy atom. The monoisotopic (exact) mass is 546 g/mol. The summed E-state index contributed by atoms with van der Waals surface area (Å²) < 4.78 is 0. The van der Waals surface area contributed by atoms with Crippen molar-refractivity contribution in [3.05, 3.63) is 157 Å². The van der Waals surface area contributed by atoms with Crippen LogP contribution in [0.25, 0.3) is 77.5 Å². The van der Waals surface area contributed by atoms with Crippen LogP contribution in [0.2, 0.25) is 0 Å². The summed E-state index contributed by atoms with van der Waals surface area (Å²) in [6, 6.07) is 54.0. The Morgan fingerprint density at radius 2 is 0.884 bits per heavy atom. The molecule has 9 rings (SSSR count). The van der Waals surface area contributed by atoms with E-state index in [0.717, 1.165) is 0 Å². The second kappa shape index (κ2) is 8.90. The van der Waals surface area contributed by atoms with Crippen LogP contribution in [-0.4, -0.2) is 0 Å². The average Bonchev–Trinajstić information content (AvgIpc) is 3.52. The number of hydrogen-bond donors (Lipinski definition) is 0. The summed E-state index contributed by atoms with van der Waals surface area (Å²) in [5, 5.41) is 2.66. The fourth-order valence-corrected chi connectivity index (χ4v) is 7.76. The summed E-state index contributed by atoms with van der Waals surface area (Å²) in [5.74, 6) is 0. The molecule has 0 heteroatoms. The van der Waals surface area contributed by atoms with Gasteiger partial charge in [0.2, 0.25) is 0 Å². The van der Waals surface area contributed by atoms with Crippen molar-refractivity contribution in [1.82, 2.24) is 0 Å². The van der Waals surface area contributed by atoms with E-state index >= 15 is 0 Å². The van der Waals surface area contributed by atoms with Gasteiger partial charge in [0.15, 0.2) is 0 Å². The Labute approximate surface area is 252 Å². The highest BCUT2D eigenvalue weighted by Gasteiger charge is 2.35. The zero-order valence-electron chi connectivity index (χ0n) is 24.4. The van der Waals surface area contributed by atoms with Crippen molar-refractivity contribution >= 4 is 10.8 Å². The summed E-state index contributed by atoms with van der Waals surface area (Å²) in [6.45, 7) is 4.68. The zero-order valence-corrected chi connectivity index (χ0v) is 24.4. The van der Waals surface area contributed by atoms with Crippen molar-refractivity contribution in [2.24, 2.45) is 0 Å². The highest BCUT2D eigenvalue weighted by atomic mass is 14.4. The third-order valence-corrected chi connectivity index (χ3v) is 9.85. The first-order valence-electron chi connectivity index (χ1n) is 15.2. The maximum atomic E-state index is 2.39. The smallest absolute Gasteiger partial charge is 0.0158 e. The lowest BCUT2D eigenvalue weighted by atomic mass is 9.82. The van der Waals surface area contributed by atoms with Crippen LogP contribution in [0.3, 0.4) is 0 Å². The quantitative estimate of drug-likeness (QED) is 0.207. The SMILES string of the molecule is CC1(C)c2ccccc2-c2cc(-c3ccc(-c4ccc(-c5ccccc5)c5c4-c4cccc6cccc-5c46)cc3)ccc21. The van der Waals surface area contributed by atoms with Crippen LogP contribution in [0.4, 0.5) is 0 Å². The van der Waals surface area contributed by atoms with E-state index in [2.05, 4.69) is 159 Å². The Morgan fingerprint density at radius 3 is 1.58 bits per heavy atom. The molecule has 2 aliphatic rings. The van der Waals surface area contributed by atoms with Gasteiger partial charge in [-0.25, -0.2) is 0 Å². The molecular weight excluding hydrogens is 516 g/mol. The average molecular weight is 547 g/mol. The van der Waals surface area contributed by atoms with Gasteiger partial charge < -0.3 is 0 Å². The molecule has 0 saturated carbocycles. The second-order valence-corrected chi connectivity index (χ2v) is 12.5. The third kappa shape index (κ3) is 3.44. The Hall–Kier alpha value is -5.20. The van der Waals surface area contributed by atoms with Gasteiger partial charge in [-0.05, 0) is 94.7 Å². The van der Waals surface area contributed by atoms with Crippen molar-refractivity contribution in [1.29, 1.82) is 0 Å². The van der Waals surface area contributed by atoms with Gasteiger partial charge in [-0.1, -0.05) is 153 Å². The largest absolute Gasteiger partial charge is 0.0622 e. The number of hydrogen-bond acceptors (Lipinski definition) is 0. The van der Waals surface area contributed by atoms with Gasteiger partial charge in [-0.15, -0.1) is 0 Å². The molecule has 0 nitrogen and oxygen atoms in total. The van der Waals surface area contributed by atoms with Crippen molar-refractivity contribution in [2.75, 3.05) is 0 Å². The second-order valence-electron chi connectivity index (χ2n) is 12.5. The number of fused-ring (bicyclic) bond motifs is 6. The minimum absolute atomic E-state index is 0.0288. The van der Waals surface area contributed by atoms with Gasteiger partial charge in [-0.3, -0.25) is 0 Å². The van der Waals surface area contributed by atoms with Gasteiger partial charge >= 0.3 is 0 Å². The molecule has 0 amide bonds. The Kier molecular flexibility index (Phi) is 5.05. The molecule has 0 saturated heterocycles. The first-order chi connectivity index (χ1) is 21.1. The molecule has 0 aromatic heterocycles. The molecule has 0 N–H and O–H groups in total. The van der Waals surface area contributed by atoms with E-state index in [0.29, 0.717) is 0 Å². The first kappa shape index (κ1) is 24.4. The van der Waals surface area contributed by atoms with Gasteiger partial charge in [0.1, 0.15) is 0 Å². The molecule has 0 atom stereocenters. The van der Waals surface area contributed by atoms with Gasteiger partial charge in [0.25, 0.3) is 0 Å². The molecule has 2 aliphatic carbocycles. The van der Waals surface area contributed by atoms with Crippen LogP contribution < -0.4 is 0 Å². The van der Waals surface area contributed by atoms with E-state index in [9.17, 15) is 0 Å².